The number of aromatic nitrogens is 5. The molecule has 0 N–H and O–H groups in total. The maximum Gasteiger partial charge on any atom is 0.234 e. The summed E-state index contributed by atoms with van der Waals surface area (Å²) in [6.07, 6.45) is 3.72. The molecule has 3 rings (SSSR count). The standard InChI is InChI=1S/C14H10N6S/c1-10-16-18-14(21-10)20-13(12(9-15)17-19-20)8-7-11-5-3-2-4-6-11/h2-8H,1H3/b8-7+. The van der Waals surface area contributed by atoms with Crippen LogP contribution in [0.15, 0.2) is 30.3 Å². The first-order valence-electron chi connectivity index (χ1n) is 6.17. The van der Waals surface area contributed by atoms with E-state index in [1.165, 1.54) is 16.0 Å². The molecule has 3 aromatic rings. The molecular formula is C14H10N6S. The zero-order chi connectivity index (χ0) is 14.7. The van der Waals surface area contributed by atoms with Crippen molar-refractivity contribution < 1.29 is 0 Å². The van der Waals surface area contributed by atoms with Gasteiger partial charge in [-0.1, -0.05) is 53.0 Å². The Kier molecular flexibility index (Phi) is 3.53. The van der Waals surface area contributed by atoms with Crippen molar-refractivity contribution in [3.63, 3.8) is 0 Å². The van der Waals surface area contributed by atoms with E-state index in [1.807, 2.05) is 55.5 Å². The molecule has 21 heavy (non-hydrogen) atoms. The predicted octanol–water partition coefficient (Wildman–Crippen LogP) is 2.47. The number of benzene rings is 1. The summed E-state index contributed by atoms with van der Waals surface area (Å²) in [6.45, 7) is 1.86. The van der Waals surface area contributed by atoms with Gasteiger partial charge in [-0.3, -0.25) is 0 Å². The lowest BCUT2D eigenvalue weighted by molar-refractivity contribution is 0.778. The molecule has 102 valence electrons. The van der Waals surface area contributed by atoms with Gasteiger partial charge in [-0.2, -0.15) is 9.94 Å². The highest BCUT2D eigenvalue weighted by Crippen LogP contribution is 2.18. The molecule has 0 spiro atoms. The van der Waals surface area contributed by atoms with Gasteiger partial charge in [0, 0.05) is 0 Å². The Labute approximate surface area is 125 Å². The van der Waals surface area contributed by atoms with E-state index in [9.17, 15) is 0 Å². The van der Waals surface area contributed by atoms with Gasteiger partial charge in [0.2, 0.25) is 5.13 Å². The van der Waals surface area contributed by atoms with Crippen LogP contribution in [0.5, 0.6) is 0 Å². The fourth-order valence-electron chi connectivity index (χ4n) is 1.77. The third kappa shape index (κ3) is 2.70. The first-order chi connectivity index (χ1) is 10.3. The van der Waals surface area contributed by atoms with Crippen LogP contribution in [0.1, 0.15) is 22.0 Å². The SMILES string of the molecule is Cc1nnc(-n2nnc(C#N)c2/C=C/c2ccccc2)s1. The van der Waals surface area contributed by atoms with Crippen molar-refractivity contribution in [1.29, 1.82) is 5.26 Å². The van der Waals surface area contributed by atoms with Gasteiger partial charge in [0.25, 0.3) is 0 Å². The van der Waals surface area contributed by atoms with Crippen LogP contribution in [-0.4, -0.2) is 25.2 Å². The second kappa shape index (κ2) is 5.64. The van der Waals surface area contributed by atoms with E-state index in [-0.39, 0.29) is 5.69 Å². The molecule has 1 aromatic carbocycles. The Balaban J connectivity index is 2.03. The summed E-state index contributed by atoms with van der Waals surface area (Å²) >= 11 is 1.40. The molecule has 2 heterocycles. The molecule has 0 atom stereocenters. The van der Waals surface area contributed by atoms with Crippen molar-refractivity contribution in [2.45, 2.75) is 6.92 Å². The van der Waals surface area contributed by atoms with Crippen molar-refractivity contribution in [3.8, 4) is 11.2 Å². The smallest absolute Gasteiger partial charge is 0.191 e. The highest BCUT2D eigenvalue weighted by atomic mass is 32.1. The van der Waals surface area contributed by atoms with Gasteiger partial charge < -0.3 is 0 Å². The quantitative estimate of drug-likeness (QED) is 0.741. The fraction of sp³-hybridized carbons (Fsp3) is 0.0714. The summed E-state index contributed by atoms with van der Waals surface area (Å²) in [5, 5.41) is 26.4. The van der Waals surface area contributed by atoms with Crippen molar-refractivity contribution in [2.75, 3.05) is 0 Å². The lowest BCUT2D eigenvalue weighted by Crippen LogP contribution is -1.99. The topological polar surface area (TPSA) is 80.3 Å². The molecule has 0 saturated heterocycles. The van der Waals surface area contributed by atoms with E-state index in [4.69, 9.17) is 5.26 Å². The normalized spacial score (nSPS) is 10.9. The lowest BCUT2D eigenvalue weighted by Gasteiger charge is -1.97. The average Bonchev–Trinajstić information content (AvgIpc) is 3.11. The van der Waals surface area contributed by atoms with Crippen molar-refractivity contribution in [3.05, 3.63) is 52.3 Å². The molecule has 2 aromatic heterocycles. The number of nitrogens with zero attached hydrogens (tertiary/aromatic N) is 6. The van der Waals surface area contributed by atoms with E-state index in [1.54, 1.807) is 0 Å². The zero-order valence-corrected chi connectivity index (χ0v) is 11.9. The maximum absolute atomic E-state index is 9.15. The van der Waals surface area contributed by atoms with Crippen LogP contribution in [0, 0.1) is 18.3 Å². The first-order valence-corrected chi connectivity index (χ1v) is 6.99. The molecule has 0 aliphatic heterocycles. The highest BCUT2D eigenvalue weighted by molar-refractivity contribution is 7.13. The Bertz CT molecular complexity index is 825. The number of nitriles is 1. The molecule has 7 heteroatoms. The Morgan fingerprint density at radius 2 is 1.95 bits per heavy atom. The van der Waals surface area contributed by atoms with Crippen LogP contribution < -0.4 is 0 Å². The number of rotatable bonds is 3. The van der Waals surface area contributed by atoms with Crippen molar-refractivity contribution in [2.24, 2.45) is 0 Å². The van der Waals surface area contributed by atoms with E-state index < -0.39 is 0 Å². The number of hydrogen-bond acceptors (Lipinski definition) is 6. The maximum atomic E-state index is 9.15. The molecule has 0 unspecified atom stereocenters. The summed E-state index contributed by atoms with van der Waals surface area (Å²) in [6, 6.07) is 11.9. The second-order valence-electron chi connectivity index (χ2n) is 4.19. The summed E-state index contributed by atoms with van der Waals surface area (Å²) in [5.41, 5.74) is 1.88. The lowest BCUT2D eigenvalue weighted by atomic mass is 10.2. The highest BCUT2D eigenvalue weighted by Gasteiger charge is 2.14. The third-order valence-corrected chi connectivity index (χ3v) is 3.55. The minimum atomic E-state index is 0.259. The van der Waals surface area contributed by atoms with Crippen molar-refractivity contribution in [1.82, 2.24) is 25.2 Å². The Hall–Kier alpha value is -2.85. The zero-order valence-electron chi connectivity index (χ0n) is 11.1. The largest absolute Gasteiger partial charge is 0.234 e. The molecule has 6 nitrogen and oxygen atoms in total. The molecule has 0 aliphatic rings. The van der Waals surface area contributed by atoms with Gasteiger partial charge in [-0.25, -0.2) is 0 Å². The van der Waals surface area contributed by atoms with E-state index in [0.717, 1.165) is 10.6 Å². The van der Waals surface area contributed by atoms with Gasteiger partial charge in [0.05, 0.1) is 0 Å². The molecule has 0 fully saturated rings. The molecule has 0 amide bonds. The van der Waals surface area contributed by atoms with Crippen LogP contribution >= 0.6 is 11.3 Å². The minimum Gasteiger partial charge on any atom is -0.191 e. The van der Waals surface area contributed by atoms with Crippen LogP contribution in [0.2, 0.25) is 0 Å². The van der Waals surface area contributed by atoms with Gasteiger partial charge in [0.1, 0.15) is 16.8 Å². The Morgan fingerprint density at radius 3 is 2.62 bits per heavy atom. The predicted molar refractivity (Wildman–Crippen MR) is 79.6 cm³/mol. The van der Waals surface area contributed by atoms with E-state index in [0.29, 0.717) is 10.8 Å². The van der Waals surface area contributed by atoms with Crippen LogP contribution in [0.3, 0.4) is 0 Å². The molecule has 0 bridgehead atoms. The summed E-state index contributed by atoms with van der Waals surface area (Å²) in [5.74, 6) is 0. The van der Waals surface area contributed by atoms with Crippen LogP contribution in [-0.2, 0) is 0 Å². The molecule has 0 saturated carbocycles. The molecule has 0 radical (unpaired) electrons. The first kappa shape index (κ1) is 13.1. The minimum absolute atomic E-state index is 0.259. The monoisotopic (exact) mass is 294 g/mol. The summed E-state index contributed by atoms with van der Waals surface area (Å²) < 4.78 is 1.53. The van der Waals surface area contributed by atoms with Gasteiger partial charge in [-0.15, -0.1) is 15.3 Å². The van der Waals surface area contributed by atoms with Crippen molar-refractivity contribution >= 4 is 23.5 Å². The van der Waals surface area contributed by atoms with Gasteiger partial charge in [-0.05, 0) is 18.6 Å². The molecule has 0 aliphatic carbocycles. The van der Waals surface area contributed by atoms with Gasteiger partial charge in [0.15, 0.2) is 5.69 Å². The number of aryl methyl sites for hydroxylation is 1. The van der Waals surface area contributed by atoms with Gasteiger partial charge >= 0.3 is 0 Å². The van der Waals surface area contributed by atoms with E-state index >= 15 is 0 Å². The van der Waals surface area contributed by atoms with Crippen LogP contribution in [0.25, 0.3) is 17.3 Å². The van der Waals surface area contributed by atoms with Crippen LogP contribution in [0.4, 0.5) is 0 Å². The number of hydrogen-bond donors (Lipinski definition) is 0. The van der Waals surface area contributed by atoms with E-state index in [2.05, 4.69) is 20.5 Å². The fourth-order valence-corrected chi connectivity index (χ4v) is 2.42. The average molecular weight is 294 g/mol. The second-order valence-corrected chi connectivity index (χ2v) is 5.35. The third-order valence-electron chi connectivity index (χ3n) is 2.74. The Morgan fingerprint density at radius 1 is 1.14 bits per heavy atom. The summed E-state index contributed by atoms with van der Waals surface area (Å²) in [4.78, 5) is 0. The summed E-state index contributed by atoms with van der Waals surface area (Å²) in [7, 11) is 0. The molecular weight excluding hydrogens is 284 g/mol.